The summed E-state index contributed by atoms with van der Waals surface area (Å²) >= 11 is 0. The van der Waals surface area contributed by atoms with Crippen molar-refractivity contribution in [3.63, 3.8) is 0 Å². The Morgan fingerprint density at radius 1 is 1.03 bits per heavy atom. The molecule has 0 aromatic carbocycles. The normalized spacial score (nSPS) is 58.9. The number of nitrogens with two attached hydrogens (primary N) is 1. The molecule has 1 heterocycles. The van der Waals surface area contributed by atoms with Gasteiger partial charge in [0, 0.05) is 41.0 Å². The first-order valence-corrected chi connectivity index (χ1v) is 13.6. The van der Waals surface area contributed by atoms with E-state index < -0.39 is 5.79 Å². The SMILES string of the molecule is NC12CC3CC4C3(CC(C1)C41OCC(COCCC(=O)C34CC5CC(C3)C(=O)C(C5)C4)O1)C2. The number of hydrogen-bond acceptors (Lipinski definition) is 6. The lowest BCUT2D eigenvalue weighted by atomic mass is 9.48. The van der Waals surface area contributed by atoms with Crippen LogP contribution in [-0.4, -0.2) is 48.8 Å². The zero-order valence-electron chi connectivity index (χ0n) is 19.6. The number of hydrogen-bond donors (Lipinski definition) is 1. The minimum Gasteiger partial charge on any atom is -0.378 e. The van der Waals surface area contributed by atoms with Crippen LogP contribution < -0.4 is 5.73 Å². The van der Waals surface area contributed by atoms with Gasteiger partial charge in [0.25, 0.3) is 0 Å². The van der Waals surface area contributed by atoms with Gasteiger partial charge in [-0.2, -0.15) is 0 Å². The monoisotopic (exact) mass is 455 g/mol. The largest absolute Gasteiger partial charge is 0.378 e. The average molecular weight is 456 g/mol. The summed E-state index contributed by atoms with van der Waals surface area (Å²) in [5, 5.41) is 0. The summed E-state index contributed by atoms with van der Waals surface area (Å²) in [6.07, 6.45) is 10.9. The number of fused-ring (bicyclic) bond motifs is 4. The summed E-state index contributed by atoms with van der Waals surface area (Å²) in [5.41, 5.74) is 6.94. The number of Topliss-reactive ketones (excluding diaryl/α,β-unsaturated/α-hetero) is 2. The average Bonchev–Trinajstić information content (AvgIpc) is 3.31. The highest BCUT2D eigenvalue weighted by Crippen LogP contribution is 2.79. The smallest absolute Gasteiger partial charge is 0.175 e. The van der Waals surface area contributed by atoms with Gasteiger partial charge >= 0.3 is 0 Å². The third-order valence-corrected chi connectivity index (χ3v) is 11.9. The van der Waals surface area contributed by atoms with Gasteiger partial charge in [0.15, 0.2) is 5.79 Å². The predicted molar refractivity (Wildman–Crippen MR) is 118 cm³/mol. The van der Waals surface area contributed by atoms with Crippen LogP contribution in [-0.2, 0) is 23.8 Å². The van der Waals surface area contributed by atoms with Gasteiger partial charge in [-0.1, -0.05) is 0 Å². The second-order valence-corrected chi connectivity index (χ2v) is 13.6. The van der Waals surface area contributed by atoms with Gasteiger partial charge in [0.05, 0.1) is 19.8 Å². The van der Waals surface area contributed by atoms with Crippen LogP contribution in [0.5, 0.6) is 0 Å². The van der Waals surface area contributed by atoms with Crippen molar-refractivity contribution in [2.75, 3.05) is 19.8 Å². The molecular weight excluding hydrogens is 418 g/mol. The van der Waals surface area contributed by atoms with Gasteiger partial charge in [-0.3, -0.25) is 9.59 Å². The zero-order chi connectivity index (χ0) is 22.2. The van der Waals surface area contributed by atoms with Crippen LogP contribution in [0.15, 0.2) is 0 Å². The molecule has 0 aromatic heterocycles. The van der Waals surface area contributed by atoms with Crippen molar-refractivity contribution in [1.29, 1.82) is 0 Å². The van der Waals surface area contributed by atoms with E-state index in [2.05, 4.69) is 0 Å². The van der Waals surface area contributed by atoms with Gasteiger partial charge in [0.2, 0.25) is 0 Å². The maximum absolute atomic E-state index is 13.2. The van der Waals surface area contributed by atoms with Crippen molar-refractivity contribution in [2.24, 2.45) is 52.1 Å². The van der Waals surface area contributed by atoms with Crippen LogP contribution in [0.25, 0.3) is 0 Å². The molecule has 9 fully saturated rings. The molecular formula is C27H37NO5. The summed E-state index contributed by atoms with van der Waals surface area (Å²) in [7, 11) is 0. The standard InChI is InChI=1S/C27H37NO5/c28-25-9-18-5-21-26(18,14-25)11-19(10-25)27(21)32-13-20(33-27)12-31-2-1-22(29)24-6-15-3-16(7-24)23(30)17(4-15)8-24/h15-21H,1-14,28H2. The Morgan fingerprint density at radius 2 is 1.82 bits per heavy atom. The summed E-state index contributed by atoms with van der Waals surface area (Å²) < 4.78 is 19.1. The highest BCUT2D eigenvalue weighted by molar-refractivity contribution is 5.92. The fourth-order valence-corrected chi connectivity index (χ4v) is 11.1. The van der Waals surface area contributed by atoms with Crippen LogP contribution in [0, 0.1) is 46.3 Å². The maximum atomic E-state index is 13.2. The van der Waals surface area contributed by atoms with Crippen LogP contribution in [0.3, 0.4) is 0 Å². The fraction of sp³-hybridized carbons (Fsp3) is 0.926. The minimum absolute atomic E-state index is 0.00930. The number of rotatable bonds is 6. The highest BCUT2D eigenvalue weighted by Gasteiger charge is 2.80. The van der Waals surface area contributed by atoms with Gasteiger partial charge < -0.3 is 19.9 Å². The molecule has 2 spiro atoms. The molecule has 9 unspecified atom stereocenters. The van der Waals surface area contributed by atoms with Gasteiger partial charge in [-0.05, 0) is 81.5 Å². The topological polar surface area (TPSA) is 87.9 Å². The molecule has 0 amide bonds. The highest BCUT2D eigenvalue weighted by atomic mass is 16.8. The molecule has 1 saturated heterocycles. The Hall–Kier alpha value is -0.820. The molecule has 9 aliphatic rings. The van der Waals surface area contributed by atoms with Crippen LogP contribution in [0.1, 0.15) is 70.6 Å². The third kappa shape index (κ3) is 2.49. The molecule has 8 saturated carbocycles. The lowest BCUT2D eigenvalue weighted by Gasteiger charge is -2.54. The second-order valence-electron chi connectivity index (χ2n) is 13.6. The van der Waals surface area contributed by atoms with E-state index in [0.29, 0.717) is 61.0 Å². The van der Waals surface area contributed by atoms with Gasteiger partial charge in [0.1, 0.15) is 17.7 Å². The van der Waals surface area contributed by atoms with E-state index in [1.165, 1.54) is 25.7 Å². The first kappa shape index (κ1) is 20.4. The molecule has 0 aromatic rings. The Kier molecular flexibility index (Phi) is 3.89. The third-order valence-electron chi connectivity index (χ3n) is 11.9. The molecule has 0 radical (unpaired) electrons. The van der Waals surface area contributed by atoms with Gasteiger partial charge in [-0.15, -0.1) is 0 Å². The predicted octanol–water partition coefficient (Wildman–Crippen LogP) is 3.01. The van der Waals surface area contributed by atoms with Gasteiger partial charge in [-0.25, -0.2) is 0 Å². The van der Waals surface area contributed by atoms with E-state index in [1.807, 2.05) is 0 Å². The van der Waals surface area contributed by atoms with E-state index in [9.17, 15) is 9.59 Å². The van der Waals surface area contributed by atoms with Crippen LogP contribution in [0.4, 0.5) is 0 Å². The maximum Gasteiger partial charge on any atom is 0.175 e. The van der Waals surface area contributed by atoms with E-state index >= 15 is 0 Å². The molecule has 6 nitrogen and oxygen atoms in total. The summed E-state index contributed by atoms with van der Waals surface area (Å²) in [5.74, 6) is 2.98. The number of carbonyl (C=O) groups excluding carboxylic acids is 2. The number of carbonyl (C=O) groups is 2. The summed E-state index contributed by atoms with van der Waals surface area (Å²) in [4.78, 5) is 25.7. The Morgan fingerprint density at radius 3 is 2.64 bits per heavy atom. The number of ether oxygens (including phenoxy) is 3. The van der Waals surface area contributed by atoms with Crippen molar-refractivity contribution >= 4 is 11.6 Å². The van der Waals surface area contributed by atoms with Crippen molar-refractivity contribution in [3.05, 3.63) is 0 Å². The lowest BCUT2D eigenvalue weighted by Crippen LogP contribution is -2.54. The quantitative estimate of drug-likeness (QED) is 0.620. The minimum atomic E-state index is -0.423. The molecule has 2 N–H and O–H groups in total. The van der Waals surface area contributed by atoms with E-state index in [1.54, 1.807) is 0 Å². The molecule has 8 aliphatic carbocycles. The Balaban J connectivity index is 0.872. The molecule has 9 atom stereocenters. The van der Waals surface area contributed by atoms with E-state index in [-0.39, 0.29) is 28.9 Å². The molecule has 7 bridgehead atoms. The zero-order valence-corrected chi connectivity index (χ0v) is 19.6. The molecule has 1 aliphatic heterocycles. The van der Waals surface area contributed by atoms with Crippen molar-refractivity contribution < 1.29 is 23.8 Å². The summed E-state index contributed by atoms with van der Waals surface area (Å²) in [6.45, 7) is 1.54. The van der Waals surface area contributed by atoms with Crippen LogP contribution >= 0.6 is 0 Å². The number of ketones is 2. The second kappa shape index (κ2) is 6.29. The molecule has 33 heavy (non-hydrogen) atoms. The Bertz CT molecular complexity index is 915. The first-order chi connectivity index (χ1) is 15.8. The Labute approximate surface area is 195 Å². The van der Waals surface area contributed by atoms with Crippen molar-refractivity contribution in [2.45, 2.75) is 88.1 Å². The molecule has 9 rings (SSSR count). The molecule has 6 heteroatoms. The van der Waals surface area contributed by atoms with Crippen molar-refractivity contribution in [1.82, 2.24) is 0 Å². The summed E-state index contributed by atoms with van der Waals surface area (Å²) in [6, 6.07) is 0. The van der Waals surface area contributed by atoms with E-state index in [4.69, 9.17) is 19.9 Å². The van der Waals surface area contributed by atoms with Crippen molar-refractivity contribution in [3.8, 4) is 0 Å². The first-order valence-electron chi connectivity index (χ1n) is 13.6. The lowest BCUT2D eigenvalue weighted by molar-refractivity contribution is -0.254. The van der Waals surface area contributed by atoms with Crippen LogP contribution in [0.2, 0.25) is 0 Å². The van der Waals surface area contributed by atoms with E-state index in [0.717, 1.165) is 44.4 Å². The fourth-order valence-electron chi connectivity index (χ4n) is 11.1. The molecule has 180 valence electrons.